The zero-order valence-electron chi connectivity index (χ0n) is 16.4. The highest BCUT2D eigenvalue weighted by atomic mass is 35.5. The highest BCUT2D eigenvalue weighted by Gasteiger charge is 2.25. The molecular weight excluding hydrogens is 398 g/mol. The summed E-state index contributed by atoms with van der Waals surface area (Å²) in [5, 5.41) is 0.298. The van der Waals surface area contributed by atoms with Crippen LogP contribution in [-0.2, 0) is 16.1 Å². The van der Waals surface area contributed by atoms with Gasteiger partial charge in [-0.15, -0.1) is 11.3 Å². The van der Waals surface area contributed by atoms with Gasteiger partial charge in [0.05, 0.1) is 23.4 Å². The lowest BCUT2D eigenvalue weighted by Crippen LogP contribution is -2.44. The number of amides is 1. The van der Waals surface area contributed by atoms with E-state index < -0.39 is 0 Å². The van der Waals surface area contributed by atoms with Gasteiger partial charge in [0.2, 0.25) is 11.2 Å². The highest BCUT2D eigenvalue weighted by Crippen LogP contribution is 2.34. The number of hydrogen-bond donors (Lipinski definition) is 0. The molecule has 152 valence electrons. The Morgan fingerprint density at radius 2 is 2.00 bits per heavy atom. The number of piperidine rings is 1. The summed E-state index contributed by atoms with van der Waals surface area (Å²) in [6.07, 6.45) is 2.04. The van der Waals surface area contributed by atoms with Gasteiger partial charge in [-0.05, 0) is 30.5 Å². The third kappa shape index (κ3) is 4.25. The van der Waals surface area contributed by atoms with E-state index in [0.717, 1.165) is 61.6 Å². The monoisotopic (exact) mass is 423 g/mol. The maximum Gasteiger partial charge on any atom is 0.224 e. The second-order valence-electron chi connectivity index (χ2n) is 7.48. The molecule has 0 atom stereocenters. The Kier molecular flexibility index (Phi) is 6.01. The van der Waals surface area contributed by atoms with Crippen molar-refractivity contribution in [2.75, 3.05) is 51.3 Å². The fraction of sp³-hybridized carbons (Fsp3) is 0.632. The van der Waals surface area contributed by atoms with Crippen LogP contribution in [0.25, 0.3) is 10.2 Å². The van der Waals surface area contributed by atoms with Gasteiger partial charge in [0.15, 0.2) is 5.82 Å². The van der Waals surface area contributed by atoms with Gasteiger partial charge in [-0.1, -0.05) is 0 Å². The number of anilines is 1. The molecule has 0 aliphatic carbocycles. The van der Waals surface area contributed by atoms with E-state index in [2.05, 4.69) is 25.8 Å². The van der Waals surface area contributed by atoms with Crippen molar-refractivity contribution in [2.45, 2.75) is 32.4 Å². The quantitative estimate of drug-likeness (QED) is 0.704. The number of halogens is 1. The summed E-state index contributed by atoms with van der Waals surface area (Å²) >= 11 is 7.96. The summed E-state index contributed by atoms with van der Waals surface area (Å²) in [5.74, 6) is 1.07. The summed E-state index contributed by atoms with van der Waals surface area (Å²) in [6, 6.07) is 2.50. The number of nitrogens with zero attached hydrogens (tertiary/aromatic N) is 5. The van der Waals surface area contributed by atoms with Gasteiger partial charge >= 0.3 is 0 Å². The number of rotatable bonds is 4. The molecular formula is C19H26ClN5O2S. The molecule has 0 N–H and O–H groups in total. The molecule has 2 aromatic heterocycles. The van der Waals surface area contributed by atoms with Gasteiger partial charge in [-0.2, -0.15) is 4.98 Å². The SMILES string of the molecule is CC(=O)N(C)C1CCN(Cc2cc3nc(Cl)nc(N4CCOCC4)c3s2)CC1. The number of ether oxygens (including phenoxy) is 1. The van der Waals surface area contributed by atoms with E-state index in [0.29, 0.717) is 24.5 Å². The molecule has 0 aromatic carbocycles. The van der Waals surface area contributed by atoms with E-state index in [1.165, 1.54) is 4.88 Å². The predicted molar refractivity (Wildman–Crippen MR) is 112 cm³/mol. The third-order valence-electron chi connectivity index (χ3n) is 5.67. The van der Waals surface area contributed by atoms with Crippen LogP contribution in [0.15, 0.2) is 6.07 Å². The van der Waals surface area contributed by atoms with E-state index in [1.807, 2.05) is 11.9 Å². The summed E-state index contributed by atoms with van der Waals surface area (Å²) in [4.78, 5) is 28.4. The lowest BCUT2D eigenvalue weighted by Gasteiger charge is -2.36. The van der Waals surface area contributed by atoms with Crippen LogP contribution < -0.4 is 4.90 Å². The van der Waals surface area contributed by atoms with Gasteiger partial charge in [-0.3, -0.25) is 9.69 Å². The number of aromatic nitrogens is 2. The Hall–Kier alpha value is -1.48. The molecule has 2 aromatic rings. The Morgan fingerprint density at radius 1 is 1.29 bits per heavy atom. The Bertz CT molecular complexity index is 846. The van der Waals surface area contributed by atoms with E-state index >= 15 is 0 Å². The molecule has 0 radical (unpaired) electrons. The minimum atomic E-state index is 0.147. The van der Waals surface area contributed by atoms with Gasteiger partial charge < -0.3 is 14.5 Å². The first-order chi connectivity index (χ1) is 13.5. The van der Waals surface area contributed by atoms with Crippen molar-refractivity contribution in [1.82, 2.24) is 19.8 Å². The number of carbonyl (C=O) groups excluding carboxylic acids is 1. The number of fused-ring (bicyclic) bond motifs is 1. The van der Waals surface area contributed by atoms with Crippen molar-refractivity contribution in [3.05, 3.63) is 16.2 Å². The zero-order chi connectivity index (χ0) is 19.7. The standard InChI is InChI=1S/C19H26ClN5O2S/c1-13(26)23(2)14-3-5-24(6-4-14)12-15-11-16-17(28-15)18(22-19(20)21-16)25-7-9-27-10-8-25/h11,14H,3-10,12H2,1-2H3. The molecule has 2 fully saturated rings. The summed E-state index contributed by atoms with van der Waals surface area (Å²) in [6.45, 7) is 7.62. The summed E-state index contributed by atoms with van der Waals surface area (Å²) in [7, 11) is 1.91. The predicted octanol–water partition coefficient (Wildman–Crippen LogP) is 2.62. The van der Waals surface area contributed by atoms with Gasteiger partial charge in [0.1, 0.15) is 0 Å². The summed E-state index contributed by atoms with van der Waals surface area (Å²) in [5.41, 5.74) is 0.924. The Morgan fingerprint density at radius 3 is 2.68 bits per heavy atom. The van der Waals surface area contributed by atoms with Crippen LogP contribution >= 0.6 is 22.9 Å². The van der Waals surface area contributed by atoms with Gasteiger partial charge in [0, 0.05) is 57.6 Å². The van der Waals surface area contributed by atoms with Crippen LogP contribution in [0.2, 0.25) is 5.28 Å². The maximum atomic E-state index is 11.6. The van der Waals surface area contributed by atoms with E-state index in [-0.39, 0.29) is 5.91 Å². The highest BCUT2D eigenvalue weighted by molar-refractivity contribution is 7.19. The van der Waals surface area contributed by atoms with Crippen LogP contribution in [0, 0.1) is 0 Å². The number of carbonyl (C=O) groups is 1. The summed E-state index contributed by atoms with van der Waals surface area (Å²) < 4.78 is 6.57. The van der Waals surface area contributed by atoms with Crippen molar-refractivity contribution in [2.24, 2.45) is 0 Å². The molecule has 0 unspecified atom stereocenters. The van der Waals surface area contributed by atoms with Crippen molar-refractivity contribution in [3.63, 3.8) is 0 Å². The molecule has 0 saturated carbocycles. The fourth-order valence-corrected chi connectivity index (χ4v) is 5.27. The van der Waals surface area contributed by atoms with E-state index in [1.54, 1.807) is 18.3 Å². The van der Waals surface area contributed by atoms with Crippen molar-refractivity contribution in [1.29, 1.82) is 0 Å². The number of likely N-dealkylation sites (tertiary alicyclic amines) is 1. The first-order valence-corrected chi connectivity index (χ1v) is 10.9. The average Bonchev–Trinajstić information content (AvgIpc) is 3.10. The third-order valence-corrected chi connectivity index (χ3v) is 6.94. The molecule has 7 nitrogen and oxygen atoms in total. The van der Waals surface area contributed by atoms with Gasteiger partial charge in [0.25, 0.3) is 0 Å². The molecule has 4 rings (SSSR count). The van der Waals surface area contributed by atoms with Crippen molar-refractivity contribution in [3.8, 4) is 0 Å². The Labute approximate surface area is 174 Å². The second kappa shape index (κ2) is 8.49. The molecule has 2 aliphatic heterocycles. The van der Waals surface area contributed by atoms with E-state index in [4.69, 9.17) is 16.3 Å². The average molecular weight is 424 g/mol. The van der Waals surface area contributed by atoms with Gasteiger partial charge in [-0.25, -0.2) is 4.98 Å². The first kappa shape index (κ1) is 19.8. The normalized spacial score (nSPS) is 19.3. The van der Waals surface area contributed by atoms with Crippen LogP contribution in [-0.4, -0.2) is 78.2 Å². The molecule has 1 amide bonds. The maximum absolute atomic E-state index is 11.6. The lowest BCUT2D eigenvalue weighted by atomic mass is 10.0. The molecule has 9 heteroatoms. The second-order valence-corrected chi connectivity index (χ2v) is 8.95. The van der Waals surface area contributed by atoms with Crippen molar-refractivity contribution < 1.29 is 9.53 Å². The molecule has 4 heterocycles. The zero-order valence-corrected chi connectivity index (χ0v) is 17.9. The topological polar surface area (TPSA) is 61.8 Å². The molecule has 0 spiro atoms. The van der Waals surface area contributed by atoms with Crippen LogP contribution in [0.4, 0.5) is 5.82 Å². The largest absolute Gasteiger partial charge is 0.378 e. The fourth-order valence-electron chi connectivity index (χ4n) is 3.95. The lowest BCUT2D eigenvalue weighted by molar-refractivity contribution is -0.130. The molecule has 2 saturated heterocycles. The smallest absolute Gasteiger partial charge is 0.224 e. The first-order valence-electron chi connectivity index (χ1n) is 9.75. The minimum Gasteiger partial charge on any atom is -0.378 e. The minimum absolute atomic E-state index is 0.147. The van der Waals surface area contributed by atoms with Crippen molar-refractivity contribution >= 4 is 44.9 Å². The molecule has 0 bridgehead atoms. The number of thiophene rings is 1. The van der Waals surface area contributed by atoms with Crippen LogP contribution in [0.5, 0.6) is 0 Å². The Balaban J connectivity index is 1.47. The molecule has 2 aliphatic rings. The van der Waals surface area contributed by atoms with Crippen LogP contribution in [0.1, 0.15) is 24.6 Å². The van der Waals surface area contributed by atoms with E-state index in [9.17, 15) is 4.79 Å². The molecule has 28 heavy (non-hydrogen) atoms. The van der Waals surface area contributed by atoms with Crippen LogP contribution in [0.3, 0.4) is 0 Å². The number of hydrogen-bond acceptors (Lipinski definition) is 7. The number of morpholine rings is 1.